The van der Waals surface area contributed by atoms with Crippen molar-refractivity contribution in [3.63, 3.8) is 0 Å². The molecular weight excluding hydrogens is 436 g/mol. The minimum Gasteiger partial charge on any atom is -0.497 e. The Morgan fingerprint density at radius 2 is 1.77 bits per heavy atom. The van der Waals surface area contributed by atoms with Crippen LogP contribution >= 0.6 is 11.8 Å². The van der Waals surface area contributed by atoms with Crippen molar-refractivity contribution in [2.24, 2.45) is 0 Å². The zero-order valence-corrected chi connectivity index (χ0v) is 19.3. The lowest BCUT2D eigenvalue weighted by atomic mass is 10.2. The van der Waals surface area contributed by atoms with Crippen molar-refractivity contribution in [1.29, 1.82) is 0 Å². The summed E-state index contributed by atoms with van der Waals surface area (Å²) < 4.78 is 32.4. The van der Waals surface area contributed by atoms with Gasteiger partial charge in [0.1, 0.15) is 16.3 Å². The van der Waals surface area contributed by atoms with Crippen LogP contribution in [0.25, 0.3) is 0 Å². The summed E-state index contributed by atoms with van der Waals surface area (Å²) in [7, 11) is -1.92. The molecule has 4 rings (SSSR count). The minimum atomic E-state index is -3.56. The van der Waals surface area contributed by atoms with Gasteiger partial charge in [0.2, 0.25) is 10.0 Å². The summed E-state index contributed by atoms with van der Waals surface area (Å²) in [5, 5.41) is 0. The van der Waals surface area contributed by atoms with E-state index in [0.717, 1.165) is 42.5 Å². The summed E-state index contributed by atoms with van der Waals surface area (Å²) in [6.45, 7) is 3.80. The molecule has 168 valence electrons. The third-order valence-electron chi connectivity index (χ3n) is 5.72. The zero-order chi connectivity index (χ0) is 21.8. The minimum absolute atomic E-state index is 0.160. The molecule has 1 aromatic carbocycles. The number of H-pyrrole nitrogens is 1. The van der Waals surface area contributed by atoms with Crippen LogP contribution in [0.3, 0.4) is 0 Å². The van der Waals surface area contributed by atoms with Gasteiger partial charge in [-0.05, 0) is 36.8 Å². The number of aromatic nitrogens is 1. The van der Waals surface area contributed by atoms with Crippen molar-refractivity contribution in [3.8, 4) is 5.75 Å². The Labute approximate surface area is 187 Å². The van der Waals surface area contributed by atoms with Gasteiger partial charge in [-0.3, -0.25) is 4.79 Å². The third-order valence-corrected chi connectivity index (χ3v) is 8.53. The Balaban J connectivity index is 1.41. The Hall–Kier alpha value is -2.17. The van der Waals surface area contributed by atoms with Crippen molar-refractivity contribution < 1.29 is 17.9 Å². The van der Waals surface area contributed by atoms with Gasteiger partial charge in [0.25, 0.3) is 5.91 Å². The van der Waals surface area contributed by atoms with Crippen LogP contribution in [0.5, 0.6) is 5.75 Å². The number of rotatable bonds is 5. The van der Waals surface area contributed by atoms with E-state index < -0.39 is 10.0 Å². The monoisotopic (exact) mass is 464 g/mol. The number of methoxy groups -OCH3 is 1. The highest BCUT2D eigenvalue weighted by Gasteiger charge is 2.29. The summed E-state index contributed by atoms with van der Waals surface area (Å²) in [5.74, 6) is 2.25. The maximum atomic E-state index is 13.0. The van der Waals surface area contributed by atoms with Crippen molar-refractivity contribution >= 4 is 33.4 Å². The first-order chi connectivity index (χ1) is 15.0. The van der Waals surface area contributed by atoms with E-state index in [-0.39, 0.29) is 10.8 Å². The van der Waals surface area contributed by atoms with Crippen molar-refractivity contribution in [2.45, 2.75) is 11.3 Å². The Bertz CT molecular complexity index is 1000. The molecular formula is C21H28N4O4S2. The fraction of sp³-hybridized carbons (Fsp3) is 0.476. The summed E-state index contributed by atoms with van der Waals surface area (Å²) in [6.07, 6.45) is 2.28. The number of carbonyl (C=O) groups is 1. The number of anilines is 1. The molecule has 10 heteroatoms. The van der Waals surface area contributed by atoms with Crippen molar-refractivity contribution in [2.75, 3.05) is 62.8 Å². The lowest BCUT2D eigenvalue weighted by Gasteiger charge is -2.25. The van der Waals surface area contributed by atoms with Gasteiger partial charge in [0, 0.05) is 62.7 Å². The number of amides is 1. The predicted octanol–water partition coefficient (Wildman–Crippen LogP) is 2.11. The van der Waals surface area contributed by atoms with Crippen molar-refractivity contribution in [3.05, 3.63) is 42.2 Å². The highest BCUT2D eigenvalue weighted by atomic mass is 32.2. The Morgan fingerprint density at radius 3 is 2.48 bits per heavy atom. The molecule has 31 heavy (non-hydrogen) atoms. The zero-order valence-electron chi connectivity index (χ0n) is 17.6. The number of nitrogens with one attached hydrogen (secondary N) is 1. The van der Waals surface area contributed by atoms with E-state index in [2.05, 4.69) is 9.88 Å². The molecule has 1 amide bonds. The summed E-state index contributed by atoms with van der Waals surface area (Å²) in [4.78, 5) is 20.2. The van der Waals surface area contributed by atoms with Crippen LogP contribution < -0.4 is 9.64 Å². The average molecular weight is 465 g/mol. The van der Waals surface area contributed by atoms with Gasteiger partial charge in [-0.1, -0.05) is 0 Å². The summed E-state index contributed by atoms with van der Waals surface area (Å²) in [6, 6.07) is 9.40. The van der Waals surface area contributed by atoms with Crippen LogP contribution in [-0.2, 0) is 10.0 Å². The number of ether oxygens (including phenoxy) is 1. The lowest BCUT2D eigenvalue weighted by Crippen LogP contribution is -2.37. The van der Waals surface area contributed by atoms with Crippen LogP contribution in [0.2, 0.25) is 0 Å². The number of hydrogen-bond donors (Lipinski definition) is 1. The molecule has 0 radical (unpaired) electrons. The number of thioether (sulfide) groups is 1. The number of carbonyl (C=O) groups excluding carboxylic acids is 1. The van der Waals surface area contributed by atoms with E-state index in [0.29, 0.717) is 31.9 Å². The molecule has 2 aliphatic rings. The first kappa shape index (κ1) is 22.0. The lowest BCUT2D eigenvalue weighted by molar-refractivity contribution is 0.0762. The SMILES string of the molecule is COc1ccc(N2CCCN(C(=O)c3cc(S(=O)(=O)N4CCSCC4)c[nH]3)CC2)cc1. The van der Waals surface area contributed by atoms with Gasteiger partial charge in [-0.2, -0.15) is 16.1 Å². The molecule has 2 saturated heterocycles. The maximum absolute atomic E-state index is 13.0. The van der Waals surface area contributed by atoms with Crippen molar-refractivity contribution in [1.82, 2.24) is 14.2 Å². The molecule has 1 N–H and O–H groups in total. The second-order valence-corrected chi connectivity index (χ2v) is 10.8. The van der Waals surface area contributed by atoms with E-state index in [9.17, 15) is 13.2 Å². The van der Waals surface area contributed by atoms with Crippen LogP contribution in [-0.4, -0.2) is 86.4 Å². The highest BCUT2D eigenvalue weighted by Crippen LogP contribution is 2.23. The van der Waals surface area contributed by atoms with Crippen LogP contribution in [0, 0.1) is 0 Å². The normalized spacial score (nSPS) is 18.6. The van der Waals surface area contributed by atoms with Gasteiger partial charge in [0.15, 0.2) is 0 Å². The Kier molecular flexibility index (Phi) is 6.78. The van der Waals surface area contributed by atoms with Crippen LogP contribution in [0.4, 0.5) is 5.69 Å². The van der Waals surface area contributed by atoms with E-state index >= 15 is 0 Å². The van der Waals surface area contributed by atoms with Gasteiger partial charge < -0.3 is 19.5 Å². The number of aromatic amines is 1. The average Bonchev–Trinajstić information content (AvgIpc) is 3.19. The number of benzene rings is 1. The van der Waals surface area contributed by atoms with Gasteiger partial charge >= 0.3 is 0 Å². The molecule has 2 aromatic rings. The summed E-state index contributed by atoms with van der Waals surface area (Å²) in [5.41, 5.74) is 1.42. The maximum Gasteiger partial charge on any atom is 0.270 e. The second-order valence-electron chi connectivity index (χ2n) is 7.60. The van der Waals surface area contributed by atoms with Crippen LogP contribution in [0.15, 0.2) is 41.4 Å². The molecule has 0 atom stereocenters. The first-order valence-corrected chi connectivity index (χ1v) is 13.0. The molecule has 1 aromatic heterocycles. The molecule has 0 aliphatic carbocycles. The molecule has 0 saturated carbocycles. The smallest absolute Gasteiger partial charge is 0.270 e. The Morgan fingerprint density at radius 1 is 1.03 bits per heavy atom. The largest absolute Gasteiger partial charge is 0.497 e. The molecule has 0 bridgehead atoms. The molecule has 0 unspecified atom stereocenters. The molecule has 2 aliphatic heterocycles. The summed E-state index contributed by atoms with van der Waals surface area (Å²) >= 11 is 1.76. The number of nitrogens with zero attached hydrogens (tertiary/aromatic N) is 3. The van der Waals surface area contributed by atoms with Gasteiger partial charge in [0.05, 0.1) is 7.11 Å². The molecule has 0 spiro atoms. The standard InChI is InChI=1S/C21H28N4O4S2/c1-29-18-5-3-17(4-6-18)23-7-2-8-24(10-9-23)21(26)20-15-19(16-22-20)31(27,28)25-11-13-30-14-12-25/h3-6,15-16,22H,2,7-14H2,1H3. The molecule has 2 fully saturated rings. The quantitative estimate of drug-likeness (QED) is 0.730. The van der Waals surface area contributed by atoms with Gasteiger partial charge in [-0.25, -0.2) is 8.42 Å². The van der Waals surface area contributed by atoms with E-state index in [1.807, 2.05) is 24.3 Å². The third kappa shape index (κ3) is 4.86. The highest BCUT2D eigenvalue weighted by molar-refractivity contribution is 7.99. The second kappa shape index (κ2) is 9.54. The molecule has 8 nitrogen and oxygen atoms in total. The van der Waals surface area contributed by atoms with E-state index in [1.165, 1.54) is 16.6 Å². The van der Waals surface area contributed by atoms with E-state index in [4.69, 9.17) is 4.74 Å². The first-order valence-electron chi connectivity index (χ1n) is 10.4. The predicted molar refractivity (Wildman–Crippen MR) is 123 cm³/mol. The molecule has 3 heterocycles. The van der Waals surface area contributed by atoms with E-state index in [1.54, 1.807) is 23.8 Å². The topological polar surface area (TPSA) is 85.9 Å². The number of sulfonamides is 1. The number of hydrogen-bond acceptors (Lipinski definition) is 6. The fourth-order valence-corrected chi connectivity index (χ4v) is 6.50. The van der Waals surface area contributed by atoms with Crippen LogP contribution in [0.1, 0.15) is 16.9 Å². The van der Waals surface area contributed by atoms with Gasteiger partial charge in [-0.15, -0.1) is 0 Å². The fourth-order valence-electron chi connectivity index (χ4n) is 3.93.